The molecule has 3 N–H and O–H groups in total. The van der Waals surface area contributed by atoms with Gasteiger partial charge in [0, 0.05) is 13.2 Å². The second-order valence-corrected chi connectivity index (χ2v) is 5.42. The largest absolute Gasteiger partial charge is 0.395 e. The lowest BCUT2D eigenvalue weighted by molar-refractivity contribution is -0.104. The SMILES string of the molecule is CCCCCCCCCCOC(O)CCCNCCO. The van der Waals surface area contributed by atoms with Gasteiger partial charge in [0.15, 0.2) is 6.29 Å². The van der Waals surface area contributed by atoms with E-state index in [-0.39, 0.29) is 6.61 Å². The molecule has 1 unspecified atom stereocenters. The van der Waals surface area contributed by atoms with Gasteiger partial charge in [0.1, 0.15) is 0 Å². The minimum Gasteiger partial charge on any atom is -0.395 e. The van der Waals surface area contributed by atoms with Crippen LogP contribution in [0.4, 0.5) is 0 Å². The Morgan fingerprint density at radius 2 is 1.55 bits per heavy atom. The van der Waals surface area contributed by atoms with E-state index in [1.165, 1.54) is 44.9 Å². The molecule has 0 aliphatic rings. The predicted molar refractivity (Wildman–Crippen MR) is 83.8 cm³/mol. The summed E-state index contributed by atoms with van der Waals surface area (Å²) in [6.07, 6.45) is 11.2. The van der Waals surface area contributed by atoms with E-state index in [4.69, 9.17) is 9.84 Å². The van der Waals surface area contributed by atoms with Crippen molar-refractivity contribution in [2.45, 2.75) is 77.4 Å². The van der Waals surface area contributed by atoms with Crippen LogP contribution in [0.2, 0.25) is 0 Å². The van der Waals surface area contributed by atoms with Crippen LogP contribution in [0.25, 0.3) is 0 Å². The molecule has 0 aromatic heterocycles. The van der Waals surface area contributed by atoms with Crippen LogP contribution in [0.1, 0.15) is 71.1 Å². The molecule has 0 saturated heterocycles. The van der Waals surface area contributed by atoms with E-state index < -0.39 is 6.29 Å². The van der Waals surface area contributed by atoms with Gasteiger partial charge in [-0.3, -0.25) is 0 Å². The van der Waals surface area contributed by atoms with Crippen molar-refractivity contribution >= 4 is 0 Å². The second-order valence-electron chi connectivity index (χ2n) is 5.42. The molecule has 0 aromatic rings. The zero-order valence-corrected chi connectivity index (χ0v) is 13.3. The molecule has 0 heterocycles. The number of aliphatic hydroxyl groups excluding tert-OH is 2. The first-order chi connectivity index (χ1) is 9.81. The van der Waals surface area contributed by atoms with Gasteiger partial charge in [-0.05, 0) is 25.8 Å². The molecule has 0 rings (SSSR count). The van der Waals surface area contributed by atoms with Crippen molar-refractivity contribution in [1.82, 2.24) is 5.32 Å². The number of hydrogen-bond acceptors (Lipinski definition) is 4. The molecule has 1 atom stereocenters. The standard InChI is InChI=1S/C16H35NO3/c1-2-3-4-5-6-7-8-9-15-20-16(19)11-10-12-17-13-14-18/h16-19H,2-15H2,1H3. The molecule has 0 saturated carbocycles. The van der Waals surface area contributed by atoms with Crippen molar-refractivity contribution < 1.29 is 14.9 Å². The Hall–Kier alpha value is -0.160. The van der Waals surface area contributed by atoms with Gasteiger partial charge in [0.2, 0.25) is 0 Å². The van der Waals surface area contributed by atoms with Crippen LogP contribution in [0.5, 0.6) is 0 Å². The van der Waals surface area contributed by atoms with Crippen LogP contribution < -0.4 is 5.32 Å². The van der Waals surface area contributed by atoms with Crippen molar-refractivity contribution in [2.75, 3.05) is 26.3 Å². The van der Waals surface area contributed by atoms with Crippen molar-refractivity contribution in [3.05, 3.63) is 0 Å². The first-order valence-electron chi connectivity index (χ1n) is 8.42. The van der Waals surface area contributed by atoms with Gasteiger partial charge in [0.25, 0.3) is 0 Å². The lowest BCUT2D eigenvalue weighted by atomic mass is 10.1. The molecular formula is C16H35NO3. The van der Waals surface area contributed by atoms with Gasteiger partial charge < -0.3 is 20.3 Å². The smallest absolute Gasteiger partial charge is 0.154 e. The van der Waals surface area contributed by atoms with Crippen molar-refractivity contribution in [2.24, 2.45) is 0 Å². The fourth-order valence-electron chi connectivity index (χ4n) is 2.14. The molecule has 0 radical (unpaired) electrons. The quantitative estimate of drug-likeness (QED) is 0.302. The lowest BCUT2D eigenvalue weighted by Crippen LogP contribution is -2.21. The highest BCUT2D eigenvalue weighted by molar-refractivity contribution is 4.50. The number of aliphatic hydroxyl groups is 2. The van der Waals surface area contributed by atoms with Crippen LogP contribution in [0.15, 0.2) is 0 Å². The topological polar surface area (TPSA) is 61.7 Å². The maximum absolute atomic E-state index is 9.61. The predicted octanol–water partition coefficient (Wildman–Crippen LogP) is 2.82. The minimum atomic E-state index is -0.629. The summed E-state index contributed by atoms with van der Waals surface area (Å²) in [5, 5.41) is 21.3. The average molecular weight is 289 g/mol. The van der Waals surface area contributed by atoms with Crippen molar-refractivity contribution in [3.8, 4) is 0 Å². The molecule has 0 aliphatic heterocycles. The number of ether oxygens (including phenoxy) is 1. The number of nitrogens with one attached hydrogen (secondary N) is 1. The van der Waals surface area contributed by atoms with Gasteiger partial charge in [-0.2, -0.15) is 0 Å². The molecule has 0 aliphatic carbocycles. The lowest BCUT2D eigenvalue weighted by Gasteiger charge is -2.12. The maximum atomic E-state index is 9.61. The van der Waals surface area contributed by atoms with Crippen molar-refractivity contribution in [3.63, 3.8) is 0 Å². The highest BCUT2D eigenvalue weighted by atomic mass is 16.6. The number of rotatable bonds is 16. The third kappa shape index (κ3) is 15.9. The zero-order valence-electron chi connectivity index (χ0n) is 13.3. The Morgan fingerprint density at radius 1 is 0.900 bits per heavy atom. The van der Waals surface area contributed by atoms with E-state index in [2.05, 4.69) is 12.2 Å². The normalized spacial score (nSPS) is 12.8. The van der Waals surface area contributed by atoms with Gasteiger partial charge in [0.05, 0.1) is 6.61 Å². The van der Waals surface area contributed by atoms with Gasteiger partial charge in [-0.15, -0.1) is 0 Å². The Kier molecular flexibility index (Phi) is 16.8. The van der Waals surface area contributed by atoms with E-state index in [9.17, 15) is 5.11 Å². The summed E-state index contributed by atoms with van der Waals surface area (Å²) in [7, 11) is 0. The molecule has 0 fully saturated rings. The van der Waals surface area contributed by atoms with Crippen LogP contribution in [-0.4, -0.2) is 42.8 Å². The maximum Gasteiger partial charge on any atom is 0.154 e. The van der Waals surface area contributed by atoms with E-state index >= 15 is 0 Å². The average Bonchev–Trinajstić information content (AvgIpc) is 2.45. The van der Waals surface area contributed by atoms with E-state index in [1.807, 2.05) is 0 Å². The fourth-order valence-corrected chi connectivity index (χ4v) is 2.14. The van der Waals surface area contributed by atoms with Crippen LogP contribution in [0, 0.1) is 0 Å². The Bertz CT molecular complexity index is 179. The summed E-state index contributed by atoms with van der Waals surface area (Å²) < 4.78 is 5.37. The summed E-state index contributed by atoms with van der Waals surface area (Å²) in [5.41, 5.74) is 0. The Labute approximate surface area is 124 Å². The van der Waals surface area contributed by atoms with Gasteiger partial charge >= 0.3 is 0 Å². The van der Waals surface area contributed by atoms with Gasteiger partial charge in [-0.1, -0.05) is 51.9 Å². The van der Waals surface area contributed by atoms with E-state index in [0.29, 0.717) is 19.6 Å². The molecule has 0 bridgehead atoms. The molecular weight excluding hydrogens is 254 g/mol. The van der Waals surface area contributed by atoms with Crippen molar-refractivity contribution in [1.29, 1.82) is 0 Å². The third-order valence-electron chi connectivity index (χ3n) is 3.40. The van der Waals surface area contributed by atoms with Gasteiger partial charge in [-0.25, -0.2) is 0 Å². The molecule has 0 spiro atoms. The van der Waals surface area contributed by atoms with E-state index in [0.717, 1.165) is 19.4 Å². The second kappa shape index (κ2) is 16.9. The van der Waals surface area contributed by atoms with Crippen LogP contribution >= 0.6 is 0 Å². The highest BCUT2D eigenvalue weighted by Crippen LogP contribution is 2.09. The van der Waals surface area contributed by atoms with E-state index in [1.54, 1.807) is 0 Å². The third-order valence-corrected chi connectivity index (χ3v) is 3.40. The first kappa shape index (κ1) is 19.8. The molecule has 0 amide bonds. The summed E-state index contributed by atoms with van der Waals surface area (Å²) in [6.45, 7) is 4.51. The fraction of sp³-hybridized carbons (Fsp3) is 1.00. The molecule has 20 heavy (non-hydrogen) atoms. The molecule has 4 heteroatoms. The monoisotopic (exact) mass is 289 g/mol. The Balaban J connectivity index is 3.09. The zero-order chi connectivity index (χ0) is 14.9. The molecule has 0 aromatic carbocycles. The summed E-state index contributed by atoms with van der Waals surface area (Å²) in [5.74, 6) is 0. The summed E-state index contributed by atoms with van der Waals surface area (Å²) in [6, 6.07) is 0. The molecule has 4 nitrogen and oxygen atoms in total. The number of hydrogen-bond donors (Lipinski definition) is 3. The summed E-state index contributed by atoms with van der Waals surface area (Å²) >= 11 is 0. The first-order valence-corrected chi connectivity index (χ1v) is 8.42. The number of unbranched alkanes of at least 4 members (excludes halogenated alkanes) is 7. The minimum absolute atomic E-state index is 0.164. The van der Waals surface area contributed by atoms with Crippen LogP contribution in [0.3, 0.4) is 0 Å². The highest BCUT2D eigenvalue weighted by Gasteiger charge is 2.03. The summed E-state index contributed by atoms with van der Waals surface area (Å²) in [4.78, 5) is 0. The Morgan fingerprint density at radius 3 is 2.20 bits per heavy atom. The van der Waals surface area contributed by atoms with Crippen LogP contribution in [-0.2, 0) is 4.74 Å². The molecule has 122 valence electrons.